The van der Waals surface area contributed by atoms with E-state index in [2.05, 4.69) is 0 Å². The van der Waals surface area contributed by atoms with E-state index in [4.69, 9.17) is 5.11 Å². The molecule has 0 atom stereocenters. The number of rotatable bonds is 7. The number of aliphatic hydroxyl groups excluding tert-OH is 1. The van der Waals surface area contributed by atoms with Crippen molar-refractivity contribution in [3.63, 3.8) is 0 Å². The number of aryl methyl sites for hydroxylation is 1. The fourth-order valence-electron chi connectivity index (χ4n) is 2.45. The molecule has 1 N–H and O–H groups in total. The Bertz CT molecular complexity index is 512. The molecule has 1 amide bonds. The second kappa shape index (κ2) is 7.73. The van der Waals surface area contributed by atoms with Crippen LogP contribution in [0.15, 0.2) is 18.2 Å². The first-order chi connectivity index (χ1) is 9.96. The first-order valence-electron chi connectivity index (χ1n) is 7.13. The van der Waals surface area contributed by atoms with Gasteiger partial charge in [-0.25, -0.2) is 0 Å². The number of carbonyl (C=O) groups is 1. The topological polar surface area (TPSA) is 83.7 Å². The highest BCUT2D eigenvalue weighted by Gasteiger charge is 2.23. The minimum atomic E-state index is -0.462. The minimum Gasteiger partial charge on any atom is -0.395 e. The summed E-state index contributed by atoms with van der Waals surface area (Å²) in [6.07, 6.45) is 1.60. The summed E-state index contributed by atoms with van der Waals surface area (Å²) in [5, 5.41) is 20.0. The largest absolute Gasteiger partial charge is 0.395 e. The van der Waals surface area contributed by atoms with Crippen LogP contribution in [0, 0.1) is 17.0 Å². The molecule has 0 bridgehead atoms. The van der Waals surface area contributed by atoms with Crippen molar-refractivity contribution >= 4 is 11.6 Å². The van der Waals surface area contributed by atoms with Crippen molar-refractivity contribution < 1.29 is 14.8 Å². The van der Waals surface area contributed by atoms with E-state index in [1.54, 1.807) is 11.8 Å². The van der Waals surface area contributed by atoms with E-state index in [1.165, 1.54) is 18.2 Å². The molecule has 6 heteroatoms. The minimum absolute atomic E-state index is 0.00258. The lowest BCUT2D eigenvalue weighted by molar-refractivity contribution is -0.385. The van der Waals surface area contributed by atoms with Gasteiger partial charge in [-0.05, 0) is 31.9 Å². The monoisotopic (exact) mass is 294 g/mol. The number of hydrogen-bond acceptors (Lipinski definition) is 4. The quantitative estimate of drug-likeness (QED) is 0.618. The zero-order valence-electron chi connectivity index (χ0n) is 12.7. The zero-order valence-corrected chi connectivity index (χ0v) is 12.7. The Morgan fingerprint density at radius 2 is 2.00 bits per heavy atom. The molecule has 0 unspecified atom stereocenters. The number of nitro groups is 1. The summed E-state index contributed by atoms with van der Waals surface area (Å²) in [5.41, 5.74) is 0.876. The summed E-state index contributed by atoms with van der Waals surface area (Å²) in [4.78, 5) is 24.6. The lowest BCUT2D eigenvalue weighted by Crippen LogP contribution is -2.41. The second-order valence-electron chi connectivity index (χ2n) is 4.95. The van der Waals surface area contributed by atoms with E-state index in [-0.39, 0.29) is 30.8 Å². The summed E-state index contributed by atoms with van der Waals surface area (Å²) >= 11 is 0. The van der Waals surface area contributed by atoms with Gasteiger partial charge in [-0.3, -0.25) is 14.9 Å². The lowest BCUT2D eigenvalue weighted by atomic mass is 10.1. The fourth-order valence-corrected chi connectivity index (χ4v) is 2.45. The maximum absolute atomic E-state index is 12.6. The van der Waals surface area contributed by atoms with Gasteiger partial charge >= 0.3 is 0 Å². The Balaban J connectivity index is 3.09. The van der Waals surface area contributed by atoms with E-state index in [0.717, 1.165) is 12.8 Å². The van der Waals surface area contributed by atoms with Gasteiger partial charge in [-0.1, -0.05) is 13.8 Å². The van der Waals surface area contributed by atoms with Gasteiger partial charge in [-0.2, -0.15) is 0 Å². The average molecular weight is 294 g/mol. The van der Waals surface area contributed by atoms with Crippen LogP contribution in [0.4, 0.5) is 5.69 Å². The molecule has 0 saturated carbocycles. The maximum Gasteiger partial charge on any atom is 0.272 e. The van der Waals surface area contributed by atoms with Gasteiger partial charge < -0.3 is 10.0 Å². The number of benzene rings is 1. The highest BCUT2D eigenvalue weighted by molar-refractivity contribution is 5.95. The third-order valence-electron chi connectivity index (χ3n) is 3.63. The van der Waals surface area contributed by atoms with Crippen molar-refractivity contribution in [2.75, 3.05) is 13.2 Å². The number of nitrogens with zero attached hydrogens (tertiary/aromatic N) is 2. The molecule has 0 fully saturated rings. The lowest BCUT2D eigenvalue weighted by Gasteiger charge is -2.30. The van der Waals surface area contributed by atoms with Crippen molar-refractivity contribution in [3.8, 4) is 0 Å². The van der Waals surface area contributed by atoms with E-state index in [1.807, 2.05) is 13.8 Å². The van der Waals surface area contributed by atoms with Gasteiger partial charge in [0.25, 0.3) is 11.6 Å². The van der Waals surface area contributed by atoms with Gasteiger partial charge in [-0.15, -0.1) is 0 Å². The number of amides is 1. The molecule has 1 aromatic carbocycles. The van der Waals surface area contributed by atoms with Gasteiger partial charge in [0.1, 0.15) is 0 Å². The molecule has 0 aromatic heterocycles. The summed E-state index contributed by atoms with van der Waals surface area (Å²) in [7, 11) is 0. The molecule has 0 saturated heterocycles. The summed E-state index contributed by atoms with van der Waals surface area (Å²) in [5.74, 6) is -0.198. The summed E-state index contributed by atoms with van der Waals surface area (Å²) in [6.45, 7) is 5.76. The summed E-state index contributed by atoms with van der Waals surface area (Å²) in [6, 6.07) is 4.42. The predicted molar refractivity (Wildman–Crippen MR) is 80.3 cm³/mol. The maximum atomic E-state index is 12.6. The first kappa shape index (κ1) is 17.1. The standard InChI is InChI=1S/C15H22N2O4/c1-4-13(5-2)16(8-9-18)15(19)12-6-7-14(17(20)21)11(3)10-12/h6-7,10,13,18H,4-5,8-9H2,1-3H3. The molecule has 0 aliphatic heterocycles. The third kappa shape index (κ3) is 4.01. The number of hydrogen-bond donors (Lipinski definition) is 1. The number of aliphatic hydroxyl groups is 1. The van der Waals surface area contributed by atoms with Crippen LogP contribution >= 0.6 is 0 Å². The van der Waals surface area contributed by atoms with Crippen molar-refractivity contribution in [2.45, 2.75) is 39.7 Å². The molecule has 0 radical (unpaired) electrons. The normalized spacial score (nSPS) is 10.7. The molecular formula is C15H22N2O4. The van der Waals surface area contributed by atoms with Crippen LogP contribution in [0.1, 0.15) is 42.6 Å². The molecular weight excluding hydrogens is 272 g/mol. The van der Waals surface area contributed by atoms with Crippen molar-refractivity contribution in [3.05, 3.63) is 39.4 Å². The molecule has 0 heterocycles. The molecule has 21 heavy (non-hydrogen) atoms. The fraction of sp³-hybridized carbons (Fsp3) is 0.533. The third-order valence-corrected chi connectivity index (χ3v) is 3.63. The van der Waals surface area contributed by atoms with E-state index < -0.39 is 4.92 Å². The van der Waals surface area contributed by atoms with Crippen LogP contribution in [0.3, 0.4) is 0 Å². The van der Waals surface area contributed by atoms with Gasteiger partial charge in [0.15, 0.2) is 0 Å². The van der Waals surface area contributed by atoms with Gasteiger partial charge in [0.05, 0.1) is 11.5 Å². The molecule has 6 nitrogen and oxygen atoms in total. The highest BCUT2D eigenvalue weighted by atomic mass is 16.6. The molecule has 1 rings (SSSR count). The Hall–Kier alpha value is -1.95. The van der Waals surface area contributed by atoms with Crippen LogP contribution in [0.25, 0.3) is 0 Å². The van der Waals surface area contributed by atoms with Crippen LogP contribution in [-0.4, -0.2) is 40.0 Å². The van der Waals surface area contributed by atoms with Gasteiger partial charge in [0.2, 0.25) is 0 Å². The van der Waals surface area contributed by atoms with Crippen molar-refractivity contribution in [1.29, 1.82) is 0 Å². The molecule has 0 aliphatic carbocycles. The van der Waals surface area contributed by atoms with E-state index in [0.29, 0.717) is 11.1 Å². The molecule has 0 aliphatic rings. The number of nitro benzene ring substituents is 1. The van der Waals surface area contributed by atoms with Gasteiger partial charge in [0, 0.05) is 29.8 Å². The Labute approximate surface area is 124 Å². The van der Waals surface area contributed by atoms with Crippen molar-refractivity contribution in [1.82, 2.24) is 4.90 Å². The van der Waals surface area contributed by atoms with E-state index in [9.17, 15) is 14.9 Å². The average Bonchev–Trinajstić information content (AvgIpc) is 2.46. The molecule has 116 valence electrons. The second-order valence-corrected chi connectivity index (χ2v) is 4.95. The van der Waals surface area contributed by atoms with Crippen molar-refractivity contribution in [2.24, 2.45) is 0 Å². The highest BCUT2D eigenvalue weighted by Crippen LogP contribution is 2.21. The van der Waals surface area contributed by atoms with E-state index >= 15 is 0 Å². The Morgan fingerprint density at radius 1 is 1.38 bits per heavy atom. The summed E-state index contributed by atoms with van der Waals surface area (Å²) < 4.78 is 0. The van der Waals surface area contributed by atoms with Crippen LogP contribution in [0.5, 0.6) is 0 Å². The first-order valence-corrected chi connectivity index (χ1v) is 7.13. The predicted octanol–water partition coefficient (Wildman–Crippen LogP) is 2.53. The number of carbonyl (C=O) groups excluding carboxylic acids is 1. The zero-order chi connectivity index (χ0) is 16.0. The Kier molecular flexibility index (Phi) is 6.30. The molecule has 0 spiro atoms. The van der Waals surface area contributed by atoms with Crippen LogP contribution < -0.4 is 0 Å². The SMILES string of the molecule is CCC(CC)N(CCO)C(=O)c1ccc([N+](=O)[O-])c(C)c1. The van der Waals surface area contributed by atoms with Crippen LogP contribution in [0.2, 0.25) is 0 Å². The van der Waals surface area contributed by atoms with Crippen LogP contribution in [-0.2, 0) is 0 Å². The smallest absolute Gasteiger partial charge is 0.272 e. The molecule has 1 aromatic rings. The Morgan fingerprint density at radius 3 is 2.43 bits per heavy atom.